The lowest BCUT2D eigenvalue weighted by molar-refractivity contribution is 0.101. The van der Waals surface area contributed by atoms with Gasteiger partial charge in [0.1, 0.15) is 0 Å². The molecule has 0 aliphatic carbocycles. The minimum atomic E-state index is -0.243. The Hall–Kier alpha value is -1.42. The lowest BCUT2D eigenvalue weighted by atomic mass is 10.1. The van der Waals surface area contributed by atoms with Crippen molar-refractivity contribution in [3.05, 3.63) is 23.5 Å². The number of aliphatic hydroxyl groups is 1. The highest BCUT2D eigenvalue weighted by molar-refractivity contribution is 5.99. The Morgan fingerprint density at radius 2 is 2.42 bits per heavy atom. The molecule has 0 unspecified atom stereocenters. The highest BCUT2D eigenvalue weighted by atomic mass is 16.3. The number of pyridine rings is 1. The van der Waals surface area contributed by atoms with Gasteiger partial charge in [0, 0.05) is 11.8 Å². The Morgan fingerprint density at radius 3 is 2.92 bits per heavy atom. The number of anilines is 1. The van der Waals surface area contributed by atoms with Crippen LogP contribution < -0.4 is 5.73 Å². The van der Waals surface area contributed by atoms with Crippen molar-refractivity contribution in [2.75, 3.05) is 5.73 Å². The zero-order valence-electron chi connectivity index (χ0n) is 6.74. The highest BCUT2D eigenvalue weighted by Crippen LogP contribution is 2.14. The van der Waals surface area contributed by atoms with E-state index < -0.39 is 0 Å². The van der Waals surface area contributed by atoms with Gasteiger partial charge in [-0.05, 0) is 13.0 Å². The zero-order chi connectivity index (χ0) is 9.14. The molecule has 0 saturated carbocycles. The summed E-state index contributed by atoms with van der Waals surface area (Å²) in [4.78, 5) is 14.8. The lowest BCUT2D eigenvalue weighted by Gasteiger charge is -2.04. The summed E-state index contributed by atoms with van der Waals surface area (Å²) in [5.41, 5.74) is 6.58. The van der Waals surface area contributed by atoms with Crippen LogP contribution in [0.5, 0.6) is 0 Å². The van der Waals surface area contributed by atoms with Gasteiger partial charge in [0.25, 0.3) is 0 Å². The number of carbonyl (C=O) groups excluding carboxylic acids is 1. The number of aliphatic hydroxyl groups excluding tert-OH is 1. The van der Waals surface area contributed by atoms with Crippen molar-refractivity contribution in [1.29, 1.82) is 0 Å². The van der Waals surface area contributed by atoms with Crippen LogP contribution in [0.4, 0.5) is 5.69 Å². The number of nitrogens with two attached hydrogens (primary N) is 1. The molecule has 0 aromatic carbocycles. The van der Waals surface area contributed by atoms with E-state index in [1.807, 2.05) is 0 Å². The van der Waals surface area contributed by atoms with Gasteiger partial charge in [-0.2, -0.15) is 0 Å². The third-order valence-corrected chi connectivity index (χ3v) is 1.60. The van der Waals surface area contributed by atoms with E-state index in [0.29, 0.717) is 11.3 Å². The zero-order valence-corrected chi connectivity index (χ0v) is 6.74. The van der Waals surface area contributed by atoms with Crippen molar-refractivity contribution in [2.45, 2.75) is 13.5 Å². The average Bonchev–Trinajstić information content (AvgIpc) is 2.04. The molecular formula is C8H10N2O2. The first-order chi connectivity index (χ1) is 5.66. The van der Waals surface area contributed by atoms with Gasteiger partial charge < -0.3 is 10.8 Å². The molecule has 1 aromatic rings. The Kier molecular flexibility index (Phi) is 2.40. The second-order valence-electron chi connectivity index (χ2n) is 2.43. The van der Waals surface area contributed by atoms with Crippen LogP contribution in [0.1, 0.15) is 23.0 Å². The van der Waals surface area contributed by atoms with Crippen LogP contribution >= 0.6 is 0 Å². The summed E-state index contributed by atoms with van der Waals surface area (Å²) >= 11 is 0. The molecule has 12 heavy (non-hydrogen) atoms. The predicted octanol–water partition coefficient (Wildman–Crippen LogP) is 0.359. The van der Waals surface area contributed by atoms with Crippen molar-refractivity contribution in [1.82, 2.24) is 4.98 Å². The van der Waals surface area contributed by atoms with Crippen LogP contribution in [0.15, 0.2) is 12.3 Å². The fourth-order valence-corrected chi connectivity index (χ4v) is 0.950. The number of carbonyl (C=O) groups is 1. The van der Waals surface area contributed by atoms with Crippen molar-refractivity contribution >= 4 is 11.5 Å². The van der Waals surface area contributed by atoms with E-state index in [2.05, 4.69) is 4.98 Å². The Morgan fingerprint density at radius 1 is 1.75 bits per heavy atom. The van der Waals surface area contributed by atoms with Gasteiger partial charge in [0.05, 0.1) is 18.0 Å². The maximum Gasteiger partial charge on any atom is 0.161 e. The third-order valence-electron chi connectivity index (χ3n) is 1.60. The summed E-state index contributed by atoms with van der Waals surface area (Å²) < 4.78 is 0. The van der Waals surface area contributed by atoms with Gasteiger partial charge in [-0.1, -0.05) is 0 Å². The second-order valence-corrected chi connectivity index (χ2v) is 2.43. The molecule has 1 heterocycles. The van der Waals surface area contributed by atoms with Crippen molar-refractivity contribution in [3.63, 3.8) is 0 Å². The summed E-state index contributed by atoms with van der Waals surface area (Å²) in [6.45, 7) is 1.18. The Labute approximate surface area is 70.0 Å². The number of ketones is 1. The van der Waals surface area contributed by atoms with Gasteiger partial charge >= 0.3 is 0 Å². The van der Waals surface area contributed by atoms with E-state index in [4.69, 9.17) is 10.8 Å². The van der Waals surface area contributed by atoms with E-state index in [1.54, 1.807) is 0 Å². The molecule has 0 fully saturated rings. The largest absolute Gasteiger partial charge is 0.397 e. The molecule has 0 radical (unpaired) electrons. The molecule has 64 valence electrons. The predicted molar refractivity (Wildman–Crippen MR) is 44.6 cm³/mol. The molecule has 0 atom stereocenters. The molecule has 0 bridgehead atoms. The van der Waals surface area contributed by atoms with E-state index in [0.717, 1.165) is 0 Å². The molecule has 0 spiro atoms. The minimum Gasteiger partial charge on any atom is -0.397 e. The second kappa shape index (κ2) is 3.32. The topological polar surface area (TPSA) is 76.2 Å². The summed E-state index contributed by atoms with van der Waals surface area (Å²) in [6, 6.07) is 1.54. The van der Waals surface area contributed by atoms with Gasteiger partial charge in [-0.25, -0.2) is 0 Å². The van der Waals surface area contributed by atoms with Crippen molar-refractivity contribution in [2.24, 2.45) is 0 Å². The maximum absolute atomic E-state index is 10.9. The van der Waals surface area contributed by atoms with Crippen LogP contribution in [-0.4, -0.2) is 15.9 Å². The number of rotatable bonds is 2. The third kappa shape index (κ3) is 1.43. The van der Waals surface area contributed by atoms with E-state index >= 15 is 0 Å². The fourth-order valence-electron chi connectivity index (χ4n) is 0.950. The normalized spacial score (nSPS) is 9.83. The quantitative estimate of drug-likeness (QED) is 0.622. The van der Waals surface area contributed by atoms with Gasteiger partial charge in [-0.3, -0.25) is 9.78 Å². The van der Waals surface area contributed by atoms with Gasteiger partial charge in [-0.15, -0.1) is 0 Å². The summed E-state index contributed by atoms with van der Waals surface area (Å²) in [5.74, 6) is -0.121. The van der Waals surface area contributed by atoms with Gasteiger partial charge in [0.2, 0.25) is 0 Å². The van der Waals surface area contributed by atoms with Crippen LogP contribution in [-0.2, 0) is 6.61 Å². The minimum absolute atomic E-state index is 0.121. The first-order valence-electron chi connectivity index (χ1n) is 3.52. The molecule has 4 nitrogen and oxygen atoms in total. The molecule has 1 aromatic heterocycles. The SMILES string of the molecule is CC(=O)c1ccnc(CO)c1N. The smallest absolute Gasteiger partial charge is 0.161 e. The molecule has 1 rings (SSSR count). The summed E-state index contributed by atoms with van der Waals surface area (Å²) in [5, 5.41) is 8.77. The maximum atomic E-state index is 10.9. The number of aromatic nitrogens is 1. The molecule has 0 aliphatic rings. The van der Waals surface area contributed by atoms with E-state index in [-0.39, 0.29) is 18.1 Å². The number of nitrogen functional groups attached to an aromatic ring is 1. The molecule has 0 saturated heterocycles. The van der Waals surface area contributed by atoms with Crippen LogP contribution in [0.2, 0.25) is 0 Å². The lowest BCUT2D eigenvalue weighted by Crippen LogP contribution is -2.05. The highest BCUT2D eigenvalue weighted by Gasteiger charge is 2.08. The first-order valence-corrected chi connectivity index (χ1v) is 3.52. The summed E-state index contributed by atoms with van der Waals surface area (Å²) in [7, 11) is 0. The average molecular weight is 166 g/mol. The first kappa shape index (κ1) is 8.67. The summed E-state index contributed by atoms with van der Waals surface area (Å²) in [6.07, 6.45) is 1.46. The Balaban J connectivity index is 3.23. The van der Waals surface area contributed by atoms with E-state index in [1.165, 1.54) is 19.2 Å². The van der Waals surface area contributed by atoms with Crippen molar-refractivity contribution < 1.29 is 9.90 Å². The monoisotopic (exact) mass is 166 g/mol. The number of nitrogens with zero attached hydrogens (tertiary/aromatic N) is 1. The van der Waals surface area contributed by atoms with E-state index in [9.17, 15) is 4.79 Å². The Bertz CT molecular complexity index is 310. The molecule has 3 N–H and O–H groups in total. The van der Waals surface area contributed by atoms with Crippen molar-refractivity contribution in [3.8, 4) is 0 Å². The molecule has 4 heteroatoms. The van der Waals surface area contributed by atoms with Crippen LogP contribution in [0, 0.1) is 0 Å². The van der Waals surface area contributed by atoms with Crippen LogP contribution in [0.25, 0.3) is 0 Å². The molecular weight excluding hydrogens is 156 g/mol. The molecule has 0 aliphatic heterocycles. The standard InChI is InChI=1S/C8H10N2O2/c1-5(12)6-2-3-10-7(4-11)8(6)9/h2-3,11H,4,9H2,1H3. The number of Topliss-reactive ketones (excluding diaryl/α,β-unsaturated/α-hetero) is 1. The number of hydrogen-bond donors (Lipinski definition) is 2. The molecule has 0 amide bonds. The fraction of sp³-hybridized carbons (Fsp3) is 0.250. The van der Waals surface area contributed by atoms with Gasteiger partial charge in [0.15, 0.2) is 5.78 Å². The number of hydrogen-bond acceptors (Lipinski definition) is 4. The van der Waals surface area contributed by atoms with Crippen LogP contribution in [0.3, 0.4) is 0 Å².